The molecule has 0 saturated heterocycles. The molecule has 1 heterocycles. The highest BCUT2D eigenvalue weighted by molar-refractivity contribution is 9.10. The van der Waals surface area contributed by atoms with Gasteiger partial charge in [-0.25, -0.2) is 0 Å². The number of rotatable bonds is 5. The number of hydrogen-bond donors (Lipinski definition) is 1. The van der Waals surface area contributed by atoms with E-state index in [-0.39, 0.29) is 11.7 Å². The van der Waals surface area contributed by atoms with E-state index in [2.05, 4.69) is 31.4 Å². The van der Waals surface area contributed by atoms with E-state index in [4.69, 9.17) is 4.42 Å². The summed E-state index contributed by atoms with van der Waals surface area (Å²) < 4.78 is 6.37. The van der Waals surface area contributed by atoms with Crippen molar-refractivity contribution in [2.45, 2.75) is 30.9 Å². The standard InChI is InChI=1S/C14H14BrN3O2S/c1-8-2-5-11(10(15)6-8)16-12(19)7-21-14-18-17-13(20-14)9-3-4-9/h2,5-6,9H,3-4,7H2,1H3,(H,16,19). The lowest BCUT2D eigenvalue weighted by Crippen LogP contribution is -2.14. The predicted molar refractivity (Wildman–Crippen MR) is 84.5 cm³/mol. The summed E-state index contributed by atoms with van der Waals surface area (Å²) in [4.78, 5) is 11.9. The lowest BCUT2D eigenvalue weighted by Gasteiger charge is -2.07. The number of nitrogens with one attached hydrogen (secondary N) is 1. The molecule has 7 heteroatoms. The van der Waals surface area contributed by atoms with Gasteiger partial charge in [-0.1, -0.05) is 17.8 Å². The zero-order valence-corrected chi connectivity index (χ0v) is 13.8. The summed E-state index contributed by atoms with van der Waals surface area (Å²) in [7, 11) is 0. The van der Waals surface area contributed by atoms with Gasteiger partial charge < -0.3 is 9.73 Å². The van der Waals surface area contributed by atoms with E-state index in [0.29, 0.717) is 17.0 Å². The van der Waals surface area contributed by atoms with Crippen molar-refractivity contribution >= 4 is 39.3 Å². The number of halogens is 1. The highest BCUT2D eigenvalue weighted by atomic mass is 79.9. The van der Waals surface area contributed by atoms with Gasteiger partial charge in [0.05, 0.1) is 11.4 Å². The first-order valence-electron chi connectivity index (χ1n) is 6.64. The van der Waals surface area contributed by atoms with Crippen LogP contribution in [0.1, 0.15) is 30.2 Å². The van der Waals surface area contributed by atoms with Gasteiger partial charge in [-0.2, -0.15) is 0 Å². The lowest BCUT2D eigenvalue weighted by atomic mass is 10.2. The number of anilines is 1. The van der Waals surface area contributed by atoms with Crippen LogP contribution >= 0.6 is 27.7 Å². The van der Waals surface area contributed by atoms with Gasteiger partial charge in [-0.15, -0.1) is 10.2 Å². The number of nitrogens with zero attached hydrogens (tertiary/aromatic N) is 2. The Kier molecular flexibility index (Phi) is 4.30. The van der Waals surface area contributed by atoms with E-state index in [1.54, 1.807) is 0 Å². The lowest BCUT2D eigenvalue weighted by molar-refractivity contribution is -0.113. The van der Waals surface area contributed by atoms with Crippen LogP contribution in [0, 0.1) is 6.92 Å². The summed E-state index contributed by atoms with van der Waals surface area (Å²) in [6.45, 7) is 2.00. The quantitative estimate of drug-likeness (QED) is 0.815. The minimum Gasteiger partial charge on any atom is -0.416 e. The Bertz CT molecular complexity index is 670. The molecule has 110 valence electrons. The Labute approximate surface area is 135 Å². The van der Waals surface area contributed by atoms with Crippen LogP contribution in [0.25, 0.3) is 0 Å². The third-order valence-electron chi connectivity index (χ3n) is 3.07. The first-order valence-corrected chi connectivity index (χ1v) is 8.42. The fourth-order valence-corrected chi connectivity index (χ4v) is 2.97. The van der Waals surface area contributed by atoms with Crippen LogP contribution in [0.4, 0.5) is 5.69 Å². The first kappa shape index (κ1) is 14.6. The number of carbonyl (C=O) groups excluding carboxylic acids is 1. The molecule has 1 fully saturated rings. The minimum atomic E-state index is -0.101. The Balaban J connectivity index is 1.53. The fraction of sp³-hybridized carbons (Fsp3) is 0.357. The number of hydrogen-bond acceptors (Lipinski definition) is 5. The van der Waals surface area contributed by atoms with Crippen molar-refractivity contribution in [2.75, 3.05) is 11.1 Å². The molecule has 1 aromatic heterocycles. The third kappa shape index (κ3) is 3.85. The molecular weight excluding hydrogens is 354 g/mol. The second kappa shape index (κ2) is 6.19. The summed E-state index contributed by atoms with van der Waals surface area (Å²) in [5.41, 5.74) is 1.89. The molecule has 21 heavy (non-hydrogen) atoms. The molecule has 2 aromatic rings. The summed E-state index contributed by atoms with van der Waals surface area (Å²) in [6.07, 6.45) is 2.24. The fourth-order valence-electron chi connectivity index (χ4n) is 1.81. The van der Waals surface area contributed by atoms with Gasteiger partial charge in [-0.05, 0) is 53.4 Å². The highest BCUT2D eigenvalue weighted by Crippen LogP contribution is 2.39. The Morgan fingerprint density at radius 1 is 1.48 bits per heavy atom. The van der Waals surface area contributed by atoms with Gasteiger partial charge in [0.25, 0.3) is 5.22 Å². The second-order valence-electron chi connectivity index (χ2n) is 5.00. The van der Waals surface area contributed by atoms with E-state index in [1.165, 1.54) is 11.8 Å². The molecule has 0 spiro atoms. The Morgan fingerprint density at radius 2 is 2.29 bits per heavy atom. The van der Waals surface area contributed by atoms with Crippen LogP contribution in [-0.2, 0) is 4.79 Å². The largest absolute Gasteiger partial charge is 0.416 e. The van der Waals surface area contributed by atoms with Crippen molar-refractivity contribution in [2.24, 2.45) is 0 Å². The maximum Gasteiger partial charge on any atom is 0.277 e. The smallest absolute Gasteiger partial charge is 0.277 e. The van der Waals surface area contributed by atoms with Gasteiger partial charge in [0, 0.05) is 10.4 Å². The number of aromatic nitrogens is 2. The average Bonchev–Trinajstić information content (AvgIpc) is 3.19. The molecule has 5 nitrogen and oxygen atoms in total. The summed E-state index contributed by atoms with van der Waals surface area (Å²) in [5.74, 6) is 1.27. The number of thioether (sulfide) groups is 1. The molecule has 1 aliphatic carbocycles. The van der Waals surface area contributed by atoms with E-state index >= 15 is 0 Å². The SMILES string of the molecule is Cc1ccc(NC(=O)CSc2nnc(C3CC3)o2)c(Br)c1. The van der Waals surface area contributed by atoms with Crippen LogP contribution in [-0.4, -0.2) is 21.9 Å². The number of aryl methyl sites for hydroxylation is 1. The molecule has 0 atom stereocenters. The number of benzene rings is 1. The summed E-state index contributed by atoms with van der Waals surface area (Å²) in [5, 5.41) is 11.2. The third-order valence-corrected chi connectivity index (χ3v) is 4.55. The predicted octanol–water partition coefficient (Wildman–Crippen LogP) is 3.75. The monoisotopic (exact) mass is 367 g/mol. The molecular formula is C14H14BrN3O2S. The van der Waals surface area contributed by atoms with Crippen molar-refractivity contribution in [3.63, 3.8) is 0 Å². The average molecular weight is 368 g/mol. The van der Waals surface area contributed by atoms with Crippen LogP contribution in [0.2, 0.25) is 0 Å². The van der Waals surface area contributed by atoms with Crippen molar-refractivity contribution in [1.82, 2.24) is 10.2 Å². The van der Waals surface area contributed by atoms with Gasteiger partial charge in [0.15, 0.2) is 0 Å². The Morgan fingerprint density at radius 3 is 3.00 bits per heavy atom. The highest BCUT2D eigenvalue weighted by Gasteiger charge is 2.29. The van der Waals surface area contributed by atoms with Gasteiger partial charge >= 0.3 is 0 Å². The van der Waals surface area contributed by atoms with Crippen LogP contribution < -0.4 is 5.32 Å². The molecule has 0 unspecified atom stereocenters. The van der Waals surface area contributed by atoms with Crippen LogP contribution in [0.15, 0.2) is 32.3 Å². The van der Waals surface area contributed by atoms with Crippen LogP contribution in [0.5, 0.6) is 0 Å². The number of carbonyl (C=O) groups is 1. The van der Waals surface area contributed by atoms with E-state index in [1.807, 2.05) is 25.1 Å². The van der Waals surface area contributed by atoms with Gasteiger partial charge in [0.1, 0.15) is 0 Å². The normalized spacial score (nSPS) is 14.2. The molecule has 0 radical (unpaired) electrons. The molecule has 1 saturated carbocycles. The zero-order valence-electron chi connectivity index (χ0n) is 11.4. The molecule has 1 N–H and O–H groups in total. The van der Waals surface area contributed by atoms with E-state index in [9.17, 15) is 4.79 Å². The van der Waals surface area contributed by atoms with Crippen molar-refractivity contribution in [1.29, 1.82) is 0 Å². The van der Waals surface area contributed by atoms with Crippen molar-refractivity contribution in [3.8, 4) is 0 Å². The molecule has 1 amide bonds. The minimum absolute atomic E-state index is 0.101. The first-order chi connectivity index (χ1) is 10.1. The van der Waals surface area contributed by atoms with Crippen molar-refractivity contribution in [3.05, 3.63) is 34.1 Å². The molecule has 1 aliphatic rings. The van der Waals surface area contributed by atoms with Crippen LogP contribution in [0.3, 0.4) is 0 Å². The summed E-state index contributed by atoms with van der Waals surface area (Å²) in [6, 6.07) is 5.79. The van der Waals surface area contributed by atoms with Gasteiger partial charge in [0.2, 0.25) is 11.8 Å². The number of amides is 1. The maximum atomic E-state index is 11.9. The van der Waals surface area contributed by atoms with Gasteiger partial charge in [-0.3, -0.25) is 4.79 Å². The molecule has 0 aliphatic heterocycles. The second-order valence-corrected chi connectivity index (χ2v) is 6.78. The molecule has 3 rings (SSSR count). The van der Waals surface area contributed by atoms with E-state index in [0.717, 1.165) is 28.6 Å². The van der Waals surface area contributed by atoms with Crippen molar-refractivity contribution < 1.29 is 9.21 Å². The maximum absolute atomic E-state index is 11.9. The van der Waals surface area contributed by atoms with E-state index < -0.39 is 0 Å². The topological polar surface area (TPSA) is 68.0 Å². The zero-order chi connectivity index (χ0) is 14.8. The Hall–Kier alpha value is -1.34. The molecule has 0 bridgehead atoms. The molecule has 1 aromatic carbocycles. The summed E-state index contributed by atoms with van der Waals surface area (Å²) >= 11 is 4.69.